The number of hydrogen-bond acceptors (Lipinski definition) is 5. The number of phenolic OH excluding ortho intramolecular Hbond substituents is 1. The van der Waals surface area contributed by atoms with Crippen molar-refractivity contribution in [2.24, 2.45) is 0 Å². The monoisotopic (exact) mass is 473 g/mol. The lowest BCUT2D eigenvalue weighted by Gasteiger charge is -2.40. The number of benzene rings is 1. The first-order chi connectivity index (χ1) is 14.3. The van der Waals surface area contributed by atoms with Crippen molar-refractivity contribution >= 4 is 44.8 Å². The molecule has 1 aliphatic heterocycles. The van der Waals surface area contributed by atoms with Crippen LogP contribution in [0.5, 0.6) is 5.75 Å². The van der Waals surface area contributed by atoms with E-state index in [1.54, 1.807) is 0 Å². The molecule has 1 saturated heterocycles. The van der Waals surface area contributed by atoms with Crippen molar-refractivity contribution < 1.29 is 18.3 Å². The van der Waals surface area contributed by atoms with Gasteiger partial charge >= 0.3 is 6.03 Å². The van der Waals surface area contributed by atoms with Gasteiger partial charge in [-0.15, -0.1) is 0 Å². The molecule has 0 aromatic heterocycles. The number of amides is 2. The minimum Gasteiger partial charge on any atom is -0.504 e. The number of halogens is 2. The van der Waals surface area contributed by atoms with Gasteiger partial charge in [0.2, 0.25) is 0 Å². The predicted molar refractivity (Wildman–Crippen MR) is 117 cm³/mol. The minimum atomic E-state index is -3.83. The van der Waals surface area contributed by atoms with Gasteiger partial charge in [0, 0.05) is 11.1 Å². The fourth-order valence-corrected chi connectivity index (χ4v) is 7.16. The number of likely N-dealkylation sites (tertiary alicyclic amines) is 1. The molecule has 3 aliphatic rings. The van der Waals surface area contributed by atoms with Gasteiger partial charge in [-0.2, -0.15) is 0 Å². The molecule has 4 rings (SSSR count). The van der Waals surface area contributed by atoms with Crippen molar-refractivity contribution in [3.05, 3.63) is 28.3 Å². The Kier molecular flexibility index (Phi) is 6.21. The van der Waals surface area contributed by atoms with Crippen LogP contribution in [-0.2, 0) is 9.84 Å². The Hall–Kier alpha value is -1.48. The highest BCUT2D eigenvalue weighted by Crippen LogP contribution is 2.43. The molecule has 10 heteroatoms. The summed E-state index contributed by atoms with van der Waals surface area (Å²) in [4.78, 5) is 14.3. The molecule has 1 saturated carbocycles. The zero-order chi connectivity index (χ0) is 21.5. The number of urea groups is 1. The molecule has 7 nitrogen and oxygen atoms in total. The van der Waals surface area contributed by atoms with Crippen LogP contribution in [0, 0.1) is 0 Å². The molecule has 2 fully saturated rings. The molecule has 0 spiro atoms. The summed E-state index contributed by atoms with van der Waals surface area (Å²) < 4.78 is 26.3. The number of hydrogen-bond donors (Lipinski definition) is 3. The molecule has 2 amide bonds. The standard InChI is InChI=1S/C20H25Cl2N3O4S/c21-14-4-3-5-16(14)23-20(27)24-17-7-6-15(22)19(18(17)26)30(28,29)13-10-12(11-13)25-8-1-2-9-25/h4,6-7,12-13,16,26H,1-3,5,8-11H2,(H2,23,24,27). The summed E-state index contributed by atoms with van der Waals surface area (Å²) >= 11 is 12.2. The third-order valence-corrected chi connectivity index (χ3v) is 9.30. The van der Waals surface area contributed by atoms with E-state index in [4.69, 9.17) is 23.2 Å². The summed E-state index contributed by atoms with van der Waals surface area (Å²) in [6, 6.07) is 2.16. The van der Waals surface area contributed by atoms with Crippen molar-refractivity contribution in [1.82, 2.24) is 10.2 Å². The Morgan fingerprint density at radius 2 is 1.87 bits per heavy atom. The lowest BCUT2D eigenvalue weighted by Crippen LogP contribution is -2.48. The summed E-state index contributed by atoms with van der Waals surface area (Å²) in [5.41, 5.74) is -0.0102. The highest BCUT2D eigenvalue weighted by Gasteiger charge is 2.44. The molecule has 30 heavy (non-hydrogen) atoms. The number of rotatable bonds is 5. The average molecular weight is 474 g/mol. The normalized spacial score (nSPS) is 26.9. The van der Waals surface area contributed by atoms with Gasteiger partial charge < -0.3 is 20.6 Å². The van der Waals surface area contributed by atoms with Crippen LogP contribution < -0.4 is 10.6 Å². The van der Waals surface area contributed by atoms with Crippen LogP contribution in [0.3, 0.4) is 0 Å². The predicted octanol–water partition coefficient (Wildman–Crippen LogP) is 3.85. The van der Waals surface area contributed by atoms with Gasteiger partial charge in [-0.25, -0.2) is 13.2 Å². The Bertz CT molecular complexity index is 971. The lowest BCUT2D eigenvalue weighted by atomic mass is 9.91. The molecule has 3 N–H and O–H groups in total. The third kappa shape index (κ3) is 4.15. The summed E-state index contributed by atoms with van der Waals surface area (Å²) in [5.74, 6) is -0.532. The number of carbonyl (C=O) groups excluding carboxylic acids is 1. The van der Waals surface area contributed by atoms with Gasteiger partial charge in [0.05, 0.1) is 22.0 Å². The summed E-state index contributed by atoms with van der Waals surface area (Å²) in [7, 11) is -3.83. The zero-order valence-corrected chi connectivity index (χ0v) is 18.7. The van der Waals surface area contributed by atoms with Crippen LogP contribution in [0.2, 0.25) is 5.02 Å². The second-order valence-electron chi connectivity index (χ2n) is 8.13. The van der Waals surface area contributed by atoms with E-state index in [1.165, 1.54) is 12.1 Å². The lowest BCUT2D eigenvalue weighted by molar-refractivity contribution is 0.161. The highest BCUT2D eigenvalue weighted by molar-refractivity contribution is 7.92. The SMILES string of the molecule is O=C(Nc1ccc(Cl)c(S(=O)(=O)C2CC(N3CCCC3)C2)c1O)NC1CCC=C1Cl. The van der Waals surface area contributed by atoms with E-state index in [-0.39, 0.29) is 27.7 Å². The van der Waals surface area contributed by atoms with Gasteiger partial charge in [0.15, 0.2) is 15.6 Å². The Labute approximate surface area is 186 Å². The number of phenols is 1. The maximum atomic E-state index is 13.2. The molecule has 164 valence electrons. The van der Waals surface area contributed by atoms with E-state index in [2.05, 4.69) is 15.5 Å². The van der Waals surface area contributed by atoms with Crippen molar-refractivity contribution in [2.75, 3.05) is 18.4 Å². The molecule has 0 bridgehead atoms. The Morgan fingerprint density at radius 3 is 2.50 bits per heavy atom. The Balaban J connectivity index is 1.48. The molecular formula is C20H25Cl2N3O4S. The van der Waals surface area contributed by atoms with Crippen molar-refractivity contribution in [3.8, 4) is 5.75 Å². The van der Waals surface area contributed by atoms with Crippen molar-refractivity contribution in [2.45, 2.75) is 60.8 Å². The quantitative estimate of drug-likeness (QED) is 0.563. The molecule has 2 aliphatic carbocycles. The fourth-order valence-electron chi connectivity index (χ4n) is 4.41. The first-order valence-electron chi connectivity index (χ1n) is 10.2. The number of nitrogens with one attached hydrogen (secondary N) is 2. The van der Waals surface area contributed by atoms with Crippen LogP contribution in [0.15, 0.2) is 28.1 Å². The van der Waals surface area contributed by atoms with Crippen molar-refractivity contribution in [1.29, 1.82) is 0 Å². The van der Waals surface area contributed by atoms with Gasteiger partial charge in [-0.3, -0.25) is 0 Å². The van der Waals surface area contributed by atoms with E-state index in [1.807, 2.05) is 6.08 Å². The van der Waals surface area contributed by atoms with E-state index < -0.39 is 26.9 Å². The summed E-state index contributed by atoms with van der Waals surface area (Å²) in [6.45, 7) is 2.02. The molecule has 1 atom stereocenters. The molecule has 1 aromatic carbocycles. The first-order valence-corrected chi connectivity index (χ1v) is 12.5. The first kappa shape index (κ1) is 21.7. The topological polar surface area (TPSA) is 98.7 Å². The number of carbonyl (C=O) groups is 1. The van der Waals surface area contributed by atoms with E-state index in [0.717, 1.165) is 32.4 Å². The van der Waals surface area contributed by atoms with Gasteiger partial charge in [-0.05, 0) is 63.7 Å². The third-order valence-electron chi connectivity index (χ3n) is 6.21. The number of anilines is 1. The highest BCUT2D eigenvalue weighted by atomic mass is 35.5. The maximum Gasteiger partial charge on any atom is 0.319 e. The molecule has 1 aromatic rings. The Morgan fingerprint density at radius 1 is 1.17 bits per heavy atom. The number of sulfone groups is 1. The van der Waals surface area contributed by atoms with Gasteiger partial charge in [0.25, 0.3) is 0 Å². The van der Waals surface area contributed by atoms with E-state index in [0.29, 0.717) is 24.3 Å². The van der Waals surface area contributed by atoms with Crippen molar-refractivity contribution in [3.63, 3.8) is 0 Å². The number of nitrogens with zero attached hydrogens (tertiary/aromatic N) is 1. The second kappa shape index (κ2) is 8.57. The second-order valence-corrected chi connectivity index (χ2v) is 11.1. The fraction of sp³-hybridized carbons (Fsp3) is 0.550. The van der Waals surface area contributed by atoms with E-state index in [9.17, 15) is 18.3 Å². The minimum absolute atomic E-state index is 0.0102. The smallest absolute Gasteiger partial charge is 0.319 e. The zero-order valence-electron chi connectivity index (χ0n) is 16.4. The average Bonchev–Trinajstić information content (AvgIpc) is 3.28. The van der Waals surface area contributed by atoms with Crippen LogP contribution in [0.25, 0.3) is 0 Å². The van der Waals surface area contributed by atoms with Crippen LogP contribution >= 0.6 is 23.2 Å². The summed E-state index contributed by atoms with van der Waals surface area (Å²) in [5, 5.41) is 15.8. The molecule has 1 heterocycles. The summed E-state index contributed by atoms with van der Waals surface area (Å²) in [6.07, 6.45) is 6.67. The number of aromatic hydroxyl groups is 1. The van der Waals surface area contributed by atoms with Crippen LogP contribution in [0.4, 0.5) is 10.5 Å². The molecular weight excluding hydrogens is 449 g/mol. The number of allylic oxidation sites excluding steroid dienone is 1. The van der Waals surface area contributed by atoms with Gasteiger partial charge in [-0.1, -0.05) is 29.3 Å². The molecule has 1 unspecified atom stereocenters. The van der Waals surface area contributed by atoms with Gasteiger partial charge in [0.1, 0.15) is 4.90 Å². The molecule has 0 radical (unpaired) electrons. The van der Waals surface area contributed by atoms with Crippen LogP contribution in [0.1, 0.15) is 38.5 Å². The largest absolute Gasteiger partial charge is 0.504 e. The van der Waals surface area contributed by atoms with Crippen LogP contribution in [-0.4, -0.2) is 54.9 Å². The van der Waals surface area contributed by atoms with E-state index >= 15 is 0 Å². The maximum absolute atomic E-state index is 13.2.